The highest BCUT2D eigenvalue weighted by Gasteiger charge is 2.28. The van der Waals surface area contributed by atoms with Gasteiger partial charge in [-0.25, -0.2) is 0 Å². The van der Waals surface area contributed by atoms with Gasteiger partial charge >= 0.3 is 0 Å². The number of pyridine rings is 1. The van der Waals surface area contributed by atoms with E-state index in [0.717, 1.165) is 29.8 Å². The minimum Gasteiger partial charge on any atom is -0.314 e. The van der Waals surface area contributed by atoms with Crippen LogP contribution in [0.15, 0.2) is 39.9 Å². The van der Waals surface area contributed by atoms with Crippen LogP contribution >= 0.6 is 15.9 Å². The Morgan fingerprint density at radius 3 is 2.89 bits per heavy atom. The monoisotopic (exact) mass is 322 g/mol. The summed E-state index contributed by atoms with van der Waals surface area (Å²) in [5.41, 5.74) is 1.10. The highest BCUT2D eigenvalue weighted by Crippen LogP contribution is 2.23. The van der Waals surface area contributed by atoms with Crippen LogP contribution in [0.5, 0.6) is 0 Å². The summed E-state index contributed by atoms with van der Waals surface area (Å²) in [4.78, 5) is 13.9. The largest absolute Gasteiger partial charge is 0.314 e. The Morgan fingerprint density at radius 2 is 2.21 bits per heavy atom. The molecule has 1 aliphatic rings. The summed E-state index contributed by atoms with van der Waals surface area (Å²) in [6.45, 7) is 2.75. The minimum atomic E-state index is 0.0468. The molecule has 0 bridgehead atoms. The maximum atomic E-state index is 11.5. The molecule has 19 heavy (non-hydrogen) atoms. The summed E-state index contributed by atoms with van der Waals surface area (Å²) >= 11 is 3.41. The summed E-state index contributed by atoms with van der Waals surface area (Å²) in [5.74, 6) is 0. The van der Waals surface area contributed by atoms with E-state index < -0.39 is 0 Å². The molecule has 0 saturated carbocycles. The summed E-state index contributed by atoms with van der Waals surface area (Å²) in [6, 6.07) is 5.84. The second kappa shape index (κ2) is 4.94. The molecule has 5 nitrogen and oxygen atoms in total. The van der Waals surface area contributed by atoms with Gasteiger partial charge in [-0.15, -0.1) is 0 Å². The van der Waals surface area contributed by atoms with Crippen LogP contribution in [0.4, 0.5) is 0 Å². The highest BCUT2D eigenvalue weighted by atomic mass is 79.9. The summed E-state index contributed by atoms with van der Waals surface area (Å²) in [5, 5.41) is 4.30. The third kappa shape index (κ3) is 2.50. The topological polar surface area (TPSA) is 43.1 Å². The molecule has 1 aliphatic heterocycles. The van der Waals surface area contributed by atoms with E-state index in [1.165, 1.54) is 0 Å². The molecule has 1 fully saturated rings. The van der Waals surface area contributed by atoms with E-state index in [9.17, 15) is 4.79 Å². The molecule has 3 heterocycles. The number of nitrogens with zero attached hydrogens (tertiary/aromatic N) is 4. The summed E-state index contributed by atoms with van der Waals surface area (Å²) in [6.07, 6.45) is 3.81. The Bertz CT molecular complexity index is 642. The lowest BCUT2D eigenvalue weighted by atomic mass is 10.1. The van der Waals surface area contributed by atoms with Crippen molar-refractivity contribution in [1.29, 1.82) is 0 Å². The molecule has 0 aliphatic carbocycles. The van der Waals surface area contributed by atoms with Crippen LogP contribution in [0.1, 0.15) is 11.7 Å². The van der Waals surface area contributed by atoms with Gasteiger partial charge in [-0.2, -0.15) is 5.10 Å². The fourth-order valence-electron chi connectivity index (χ4n) is 2.35. The van der Waals surface area contributed by atoms with Crippen molar-refractivity contribution in [2.24, 2.45) is 7.05 Å². The third-order valence-corrected chi connectivity index (χ3v) is 3.97. The predicted molar refractivity (Wildman–Crippen MR) is 75.9 cm³/mol. The lowest BCUT2D eigenvalue weighted by molar-refractivity contribution is 0.0882. The van der Waals surface area contributed by atoms with Gasteiger partial charge in [0, 0.05) is 44.6 Å². The Labute approximate surface area is 119 Å². The second-order valence-corrected chi connectivity index (χ2v) is 5.82. The first-order chi connectivity index (χ1) is 9.13. The molecule has 2 aromatic heterocycles. The minimum absolute atomic E-state index is 0.0468. The zero-order chi connectivity index (χ0) is 13.4. The zero-order valence-corrected chi connectivity index (χ0v) is 12.2. The maximum absolute atomic E-state index is 11.5. The number of halogens is 1. The van der Waals surface area contributed by atoms with Crippen molar-refractivity contribution >= 4 is 15.9 Å². The van der Waals surface area contributed by atoms with E-state index in [1.807, 2.05) is 36.3 Å². The van der Waals surface area contributed by atoms with Gasteiger partial charge < -0.3 is 4.57 Å². The summed E-state index contributed by atoms with van der Waals surface area (Å²) in [7, 11) is 1.82. The number of likely N-dealkylation sites (tertiary alicyclic amines) is 1. The van der Waals surface area contributed by atoms with Crippen LogP contribution in [0.25, 0.3) is 0 Å². The van der Waals surface area contributed by atoms with Crippen molar-refractivity contribution < 1.29 is 0 Å². The van der Waals surface area contributed by atoms with E-state index in [4.69, 9.17) is 0 Å². The van der Waals surface area contributed by atoms with Crippen molar-refractivity contribution in [2.75, 3.05) is 13.1 Å². The SMILES string of the molecule is Cn1c(CN2CC(n3cc(Br)cn3)C2)cccc1=O. The van der Waals surface area contributed by atoms with E-state index in [0.29, 0.717) is 6.04 Å². The fraction of sp³-hybridized carbons (Fsp3) is 0.385. The predicted octanol–water partition coefficient (Wildman–Crippen LogP) is 1.40. The zero-order valence-electron chi connectivity index (χ0n) is 10.7. The van der Waals surface area contributed by atoms with E-state index in [2.05, 4.69) is 25.9 Å². The molecule has 1 saturated heterocycles. The first-order valence-electron chi connectivity index (χ1n) is 6.20. The fourth-order valence-corrected chi connectivity index (χ4v) is 2.65. The van der Waals surface area contributed by atoms with Gasteiger partial charge in [-0.3, -0.25) is 14.4 Å². The van der Waals surface area contributed by atoms with Gasteiger partial charge in [0.25, 0.3) is 0 Å². The van der Waals surface area contributed by atoms with Crippen molar-refractivity contribution in [3.05, 3.63) is 51.1 Å². The molecular formula is C13H15BrN4O. The molecule has 0 amide bonds. The van der Waals surface area contributed by atoms with Gasteiger partial charge in [-0.05, 0) is 22.0 Å². The molecular weight excluding hydrogens is 308 g/mol. The van der Waals surface area contributed by atoms with E-state index >= 15 is 0 Å². The quantitative estimate of drug-likeness (QED) is 0.858. The molecule has 0 N–H and O–H groups in total. The molecule has 0 atom stereocenters. The molecule has 0 aromatic carbocycles. The molecule has 2 aromatic rings. The smallest absolute Gasteiger partial charge is 0.250 e. The van der Waals surface area contributed by atoms with Crippen molar-refractivity contribution in [3.63, 3.8) is 0 Å². The number of rotatable bonds is 3. The van der Waals surface area contributed by atoms with Crippen LogP contribution in [0.2, 0.25) is 0 Å². The average molecular weight is 323 g/mol. The average Bonchev–Trinajstić information content (AvgIpc) is 2.74. The summed E-state index contributed by atoms with van der Waals surface area (Å²) < 4.78 is 4.71. The Hall–Kier alpha value is -1.40. The van der Waals surface area contributed by atoms with Crippen LogP contribution in [-0.4, -0.2) is 32.3 Å². The van der Waals surface area contributed by atoms with Gasteiger partial charge in [0.1, 0.15) is 0 Å². The van der Waals surface area contributed by atoms with Crippen LogP contribution in [0, 0.1) is 0 Å². The third-order valence-electron chi connectivity index (χ3n) is 3.56. The molecule has 0 unspecified atom stereocenters. The van der Waals surface area contributed by atoms with Gasteiger partial charge in [0.05, 0.1) is 16.7 Å². The second-order valence-electron chi connectivity index (χ2n) is 4.90. The van der Waals surface area contributed by atoms with Gasteiger partial charge in [0.2, 0.25) is 5.56 Å². The maximum Gasteiger partial charge on any atom is 0.250 e. The highest BCUT2D eigenvalue weighted by molar-refractivity contribution is 9.10. The first-order valence-corrected chi connectivity index (χ1v) is 7.00. The van der Waals surface area contributed by atoms with Gasteiger partial charge in [0.15, 0.2) is 0 Å². The van der Waals surface area contributed by atoms with Crippen LogP contribution in [0.3, 0.4) is 0 Å². The lowest BCUT2D eigenvalue weighted by Crippen LogP contribution is -2.47. The van der Waals surface area contributed by atoms with Crippen LogP contribution in [-0.2, 0) is 13.6 Å². The van der Waals surface area contributed by atoms with Gasteiger partial charge in [-0.1, -0.05) is 6.07 Å². The van der Waals surface area contributed by atoms with Crippen molar-refractivity contribution in [1.82, 2.24) is 19.2 Å². The van der Waals surface area contributed by atoms with E-state index in [1.54, 1.807) is 10.6 Å². The number of hydrogen-bond acceptors (Lipinski definition) is 3. The normalized spacial score (nSPS) is 16.5. The van der Waals surface area contributed by atoms with E-state index in [-0.39, 0.29) is 5.56 Å². The molecule has 100 valence electrons. The van der Waals surface area contributed by atoms with Crippen molar-refractivity contribution in [3.8, 4) is 0 Å². The first kappa shape index (κ1) is 12.6. The molecule has 0 spiro atoms. The molecule has 3 rings (SSSR count). The van der Waals surface area contributed by atoms with Crippen molar-refractivity contribution in [2.45, 2.75) is 12.6 Å². The lowest BCUT2D eigenvalue weighted by Gasteiger charge is -2.39. The van der Waals surface area contributed by atoms with Crippen LogP contribution < -0.4 is 5.56 Å². The molecule has 6 heteroatoms. The Morgan fingerprint density at radius 1 is 1.42 bits per heavy atom. The number of aromatic nitrogens is 3. The number of hydrogen-bond donors (Lipinski definition) is 0. The Balaban J connectivity index is 1.62. The Kier molecular flexibility index (Phi) is 3.28. The standard InChI is InChI=1S/C13H15BrN4O/c1-16-11(3-2-4-13(16)19)7-17-8-12(9-17)18-6-10(14)5-15-18/h2-6,12H,7-9H2,1H3. The molecule has 0 radical (unpaired) electrons.